The molecule has 1 fully saturated rings. The third-order valence-electron chi connectivity index (χ3n) is 3.01. The Balaban J connectivity index is 2.30. The maximum Gasteiger partial charge on any atom is 0.246 e. The van der Waals surface area contributed by atoms with Crippen LogP contribution in [-0.4, -0.2) is 23.7 Å². The Morgan fingerprint density at radius 2 is 2.27 bits per heavy atom. The molecule has 3 heteroatoms. The highest BCUT2D eigenvalue weighted by atomic mass is 16.3. The van der Waals surface area contributed by atoms with Crippen molar-refractivity contribution < 1.29 is 9.90 Å². The van der Waals surface area contributed by atoms with E-state index in [2.05, 4.69) is 5.32 Å². The number of nitrogens with one attached hydrogen (secondary N) is 1. The Morgan fingerprint density at radius 1 is 1.53 bits per heavy atom. The van der Waals surface area contributed by atoms with Crippen molar-refractivity contribution in [1.29, 1.82) is 0 Å². The third kappa shape index (κ3) is 3.67. The molecule has 1 amide bonds. The van der Waals surface area contributed by atoms with Crippen molar-refractivity contribution in [2.45, 2.75) is 45.6 Å². The van der Waals surface area contributed by atoms with Crippen molar-refractivity contribution in [2.75, 3.05) is 6.54 Å². The van der Waals surface area contributed by atoms with E-state index in [-0.39, 0.29) is 17.9 Å². The van der Waals surface area contributed by atoms with Gasteiger partial charge in [0.2, 0.25) is 5.91 Å². The van der Waals surface area contributed by atoms with E-state index in [4.69, 9.17) is 0 Å². The highest BCUT2D eigenvalue weighted by Crippen LogP contribution is 2.24. The van der Waals surface area contributed by atoms with Gasteiger partial charge in [-0.1, -0.05) is 19.4 Å². The molecule has 0 heterocycles. The van der Waals surface area contributed by atoms with Gasteiger partial charge in [0.1, 0.15) is 0 Å². The van der Waals surface area contributed by atoms with Crippen molar-refractivity contribution in [1.82, 2.24) is 5.32 Å². The highest BCUT2D eigenvalue weighted by molar-refractivity contribution is 5.92. The Hall–Kier alpha value is -0.830. The summed E-state index contributed by atoms with van der Waals surface area (Å²) in [6, 6.07) is 0. The summed E-state index contributed by atoms with van der Waals surface area (Å²) in [6.07, 6.45) is 5.56. The van der Waals surface area contributed by atoms with Gasteiger partial charge < -0.3 is 10.4 Å². The zero-order chi connectivity index (χ0) is 11.3. The molecule has 0 aromatic rings. The molecule has 2 atom stereocenters. The number of aliphatic hydroxyl groups excluding tert-OH is 1. The lowest BCUT2D eigenvalue weighted by Gasteiger charge is -2.15. The molecule has 0 aromatic heterocycles. The average molecular weight is 211 g/mol. The van der Waals surface area contributed by atoms with Crippen LogP contribution in [0.4, 0.5) is 0 Å². The van der Waals surface area contributed by atoms with Crippen molar-refractivity contribution in [2.24, 2.45) is 5.92 Å². The molecule has 3 nitrogen and oxygen atoms in total. The lowest BCUT2D eigenvalue weighted by atomic mass is 10.1. The van der Waals surface area contributed by atoms with Crippen LogP contribution in [-0.2, 0) is 4.79 Å². The number of hydrogen-bond donors (Lipinski definition) is 2. The Morgan fingerprint density at radius 3 is 2.80 bits per heavy atom. The number of carbonyl (C=O) groups excluding carboxylic acids is 1. The molecule has 86 valence electrons. The molecule has 0 bridgehead atoms. The van der Waals surface area contributed by atoms with Crippen LogP contribution in [0.3, 0.4) is 0 Å². The van der Waals surface area contributed by atoms with Crippen molar-refractivity contribution >= 4 is 5.91 Å². The minimum atomic E-state index is -0.222. The van der Waals surface area contributed by atoms with Gasteiger partial charge >= 0.3 is 0 Å². The number of amides is 1. The van der Waals surface area contributed by atoms with Gasteiger partial charge in [-0.2, -0.15) is 0 Å². The first kappa shape index (κ1) is 12.2. The molecule has 0 saturated heterocycles. The zero-order valence-electron chi connectivity index (χ0n) is 9.62. The van der Waals surface area contributed by atoms with Gasteiger partial charge in [0.05, 0.1) is 6.10 Å². The van der Waals surface area contributed by atoms with Crippen LogP contribution in [0.15, 0.2) is 11.6 Å². The minimum absolute atomic E-state index is 0.00375. The van der Waals surface area contributed by atoms with Gasteiger partial charge in [0.25, 0.3) is 0 Å². The second kappa shape index (κ2) is 5.91. The van der Waals surface area contributed by atoms with E-state index < -0.39 is 0 Å². The molecule has 1 aliphatic rings. The van der Waals surface area contributed by atoms with Crippen molar-refractivity contribution in [3.63, 3.8) is 0 Å². The summed E-state index contributed by atoms with van der Waals surface area (Å²) in [5.41, 5.74) is 0.769. The summed E-state index contributed by atoms with van der Waals surface area (Å²) < 4.78 is 0. The zero-order valence-corrected chi connectivity index (χ0v) is 9.62. The van der Waals surface area contributed by atoms with Crippen LogP contribution >= 0.6 is 0 Å². The maximum atomic E-state index is 11.5. The Kier molecular flexibility index (Phi) is 4.82. The van der Waals surface area contributed by atoms with Crippen LogP contribution in [0.1, 0.15) is 39.5 Å². The molecule has 0 aromatic carbocycles. The molecule has 15 heavy (non-hydrogen) atoms. The van der Waals surface area contributed by atoms with Crippen LogP contribution in [0.25, 0.3) is 0 Å². The van der Waals surface area contributed by atoms with Crippen LogP contribution in [0.2, 0.25) is 0 Å². The fraction of sp³-hybridized carbons (Fsp3) is 0.750. The van der Waals surface area contributed by atoms with Gasteiger partial charge in [-0.25, -0.2) is 0 Å². The van der Waals surface area contributed by atoms with E-state index in [1.165, 1.54) is 0 Å². The Labute approximate surface area is 91.6 Å². The second-order valence-electron chi connectivity index (χ2n) is 4.26. The van der Waals surface area contributed by atoms with Gasteiger partial charge in [0.15, 0.2) is 0 Å². The SMILES string of the molecule is CCC=C(C)C(=O)NCC1CCCC1O. The molecule has 2 unspecified atom stereocenters. The summed E-state index contributed by atoms with van der Waals surface area (Å²) in [6.45, 7) is 4.44. The maximum absolute atomic E-state index is 11.5. The first-order valence-electron chi connectivity index (χ1n) is 5.78. The van der Waals surface area contributed by atoms with Crippen molar-refractivity contribution in [3.05, 3.63) is 11.6 Å². The minimum Gasteiger partial charge on any atom is -0.393 e. The van der Waals surface area contributed by atoms with Gasteiger partial charge in [-0.3, -0.25) is 4.79 Å². The third-order valence-corrected chi connectivity index (χ3v) is 3.01. The van der Waals surface area contributed by atoms with Crippen LogP contribution < -0.4 is 5.32 Å². The van der Waals surface area contributed by atoms with Gasteiger partial charge in [0, 0.05) is 18.0 Å². The van der Waals surface area contributed by atoms with Gasteiger partial charge in [-0.05, 0) is 26.2 Å². The second-order valence-corrected chi connectivity index (χ2v) is 4.26. The summed E-state index contributed by atoms with van der Waals surface area (Å²) in [5, 5.41) is 12.5. The standard InChI is InChI=1S/C12H21NO2/c1-3-5-9(2)12(15)13-8-10-6-4-7-11(10)14/h5,10-11,14H,3-4,6-8H2,1-2H3,(H,13,15). The molecular weight excluding hydrogens is 190 g/mol. The number of carbonyl (C=O) groups is 1. The Bertz CT molecular complexity index is 248. The lowest BCUT2D eigenvalue weighted by molar-refractivity contribution is -0.117. The quantitative estimate of drug-likeness (QED) is 0.694. The van der Waals surface area contributed by atoms with E-state index in [9.17, 15) is 9.90 Å². The summed E-state index contributed by atoms with van der Waals surface area (Å²) in [5.74, 6) is 0.249. The molecule has 1 saturated carbocycles. The molecule has 0 spiro atoms. The van der Waals surface area contributed by atoms with Crippen LogP contribution in [0.5, 0.6) is 0 Å². The van der Waals surface area contributed by atoms with E-state index in [0.717, 1.165) is 31.3 Å². The van der Waals surface area contributed by atoms with E-state index in [1.807, 2.05) is 19.9 Å². The summed E-state index contributed by atoms with van der Waals surface area (Å²) >= 11 is 0. The fourth-order valence-electron chi connectivity index (χ4n) is 2.02. The molecule has 1 aliphatic carbocycles. The first-order chi connectivity index (χ1) is 7.15. The summed E-state index contributed by atoms with van der Waals surface area (Å²) in [7, 11) is 0. The van der Waals surface area contributed by atoms with Crippen LogP contribution in [0, 0.1) is 5.92 Å². The van der Waals surface area contributed by atoms with E-state index >= 15 is 0 Å². The predicted octanol–water partition coefficient (Wildman–Crippen LogP) is 1.62. The first-order valence-corrected chi connectivity index (χ1v) is 5.78. The largest absolute Gasteiger partial charge is 0.393 e. The highest BCUT2D eigenvalue weighted by Gasteiger charge is 2.25. The molecule has 0 aliphatic heterocycles. The number of allylic oxidation sites excluding steroid dienone is 1. The number of aliphatic hydroxyl groups is 1. The topological polar surface area (TPSA) is 49.3 Å². The van der Waals surface area contributed by atoms with Crippen molar-refractivity contribution in [3.8, 4) is 0 Å². The monoisotopic (exact) mass is 211 g/mol. The number of hydrogen-bond acceptors (Lipinski definition) is 2. The molecule has 2 N–H and O–H groups in total. The smallest absolute Gasteiger partial charge is 0.246 e. The normalized spacial score (nSPS) is 26.7. The summed E-state index contributed by atoms with van der Waals surface area (Å²) in [4.78, 5) is 11.5. The fourth-order valence-corrected chi connectivity index (χ4v) is 2.02. The number of rotatable bonds is 4. The molecular formula is C12H21NO2. The van der Waals surface area contributed by atoms with Gasteiger partial charge in [-0.15, -0.1) is 0 Å². The molecule has 1 rings (SSSR count). The lowest BCUT2D eigenvalue weighted by Crippen LogP contribution is -2.32. The average Bonchev–Trinajstić information content (AvgIpc) is 2.61. The van der Waals surface area contributed by atoms with E-state index in [0.29, 0.717) is 6.54 Å². The van der Waals surface area contributed by atoms with E-state index in [1.54, 1.807) is 0 Å². The predicted molar refractivity (Wildman–Crippen MR) is 60.4 cm³/mol. The molecule has 0 radical (unpaired) electrons.